The zero-order valence-electron chi connectivity index (χ0n) is 10.7. The molecule has 1 N–H and O–H groups in total. The maximum absolute atomic E-state index is 14.0. The van der Waals surface area contributed by atoms with Gasteiger partial charge in [-0.05, 0) is 31.4 Å². The van der Waals surface area contributed by atoms with E-state index >= 15 is 0 Å². The molecule has 94 valence electrons. The number of hydrogen-bond acceptors (Lipinski definition) is 2. The van der Waals surface area contributed by atoms with Crippen LogP contribution in [0.15, 0.2) is 18.2 Å². The summed E-state index contributed by atoms with van der Waals surface area (Å²) in [6, 6.07) is 6.22. The third-order valence-corrected chi connectivity index (χ3v) is 3.57. The Morgan fingerprint density at radius 1 is 1.41 bits per heavy atom. The van der Waals surface area contributed by atoms with Gasteiger partial charge in [-0.1, -0.05) is 19.1 Å². The van der Waals surface area contributed by atoms with Gasteiger partial charge in [0.15, 0.2) is 0 Å². The number of nitrogens with zero attached hydrogens (tertiary/aromatic N) is 1. The lowest BCUT2D eigenvalue weighted by atomic mass is 10.1. The number of anilines is 1. The van der Waals surface area contributed by atoms with Gasteiger partial charge in [-0.15, -0.1) is 0 Å². The highest BCUT2D eigenvalue weighted by molar-refractivity contribution is 5.50. The largest absolute Gasteiger partial charge is 0.368 e. The molecular formula is C14H21FN2. The second kappa shape index (κ2) is 5.50. The summed E-state index contributed by atoms with van der Waals surface area (Å²) in [5.41, 5.74) is 1.48. The lowest BCUT2D eigenvalue weighted by molar-refractivity contribution is 0.509. The molecule has 3 heteroatoms. The van der Waals surface area contributed by atoms with E-state index in [0.29, 0.717) is 6.04 Å². The predicted molar refractivity (Wildman–Crippen MR) is 70.0 cm³/mol. The molecule has 1 aromatic rings. The fraction of sp³-hybridized carbons (Fsp3) is 0.571. The van der Waals surface area contributed by atoms with Crippen LogP contribution in [0.4, 0.5) is 10.1 Å². The Bertz CT molecular complexity index is 378. The highest BCUT2D eigenvalue weighted by atomic mass is 19.1. The van der Waals surface area contributed by atoms with Crippen LogP contribution in [0.3, 0.4) is 0 Å². The SMILES string of the molecule is CCC1CCN(c2cccc(C)c2F)CCN1. The molecule has 2 nitrogen and oxygen atoms in total. The summed E-state index contributed by atoms with van der Waals surface area (Å²) >= 11 is 0. The predicted octanol–water partition coefficient (Wildman–Crippen LogP) is 2.71. The van der Waals surface area contributed by atoms with Crippen molar-refractivity contribution in [3.05, 3.63) is 29.6 Å². The molecule has 0 aliphatic carbocycles. The topological polar surface area (TPSA) is 15.3 Å². The van der Waals surface area contributed by atoms with Crippen LogP contribution in [-0.4, -0.2) is 25.7 Å². The van der Waals surface area contributed by atoms with Gasteiger partial charge in [0.2, 0.25) is 0 Å². The second-order valence-electron chi connectivity index (χ2n) is 4.74. The summed E-state index contributed by atoms with van der Waals surface area (Å²) in [7, 11) is 0. The van der Waals surface area contributed by atoms with E-state index in [4.69, 9.17) is 0 Å². The van der Waals surface area contributed by atoms with Crippen LogP contribution in [0.2, 0.25) is 0 Å². The summed E-state index contributed by atoms with van der Waals surface area (Å²) in [6.45, 7) is 6.78. The Morgan fingerprint density at radius 2 is 2.24 bits per heavy atom. The molecule has 2 rings (SSSR count). The zero-order valence-corrected chi connectivity index (χ0v) is 10.7. The maximum Gasteiger partial charge on any atom is 0.149 e. The van der Waals surface area contributed by atoms with Crippen molar-refractivity contribution in [1.82, 2.24) is 5.32 Å². The van der Waals surface area contributed by atoms with E-state index in [-0.39, 0.29) is 5.82 Å². The molecule has 0 radical (unpaired) electrons. The standard InChI is InChI=1S/C14H21FN2/c1-3-12-7-9-17(10-8-16-12)13-6-4-5-11(2)14(13)15/h4-6,12,16H,3,7-10H2,1-2H3. The first-order valence-electron chi connectivity index (χ1n) is 6.45. The molecule has 0 saturated carbocycles. The molecule has 1 fully saturated rings. The van der Waals surface area contributed by atoms with Crippen LogP contribution >= 0.6 is 0 Å². The van der Waals surface area contributed by atoms with Crippen molar-refractivity contribution >= 4 is 5.69 Å². The monoisotopic (exact) mass is 236 g/mol. The number of rotatable bonds is 2. The van der Waals surface area contributed by atoms with Crippen LogP contribution in [0.5, 0.6) is 0 Å². The maximum atomic E-state index is 14.0. The number of hydrogen-bond donors (Lipinski definition) is 1. The number of benzene rings is 1. The van der Waals surface area contributed by atoms with Crippen molar-refractivity contribution in [3.8, 4) is 0 Å². The third kappa shape index (κ3) is 2.78. The van der Waals surface area contributed by atoms with Crippen LogP contribution in [0.25, 0.3) is 0 Å². The molecule has 1 aliphatic heterocycles. The van der Waals surface area contributed by atoms with Crippen molar-refractivity contribution < 1.29 is 4.39 Å². The Kier molecular flexibility index (Phi) is 4.00. The van der Waals surface area contributed by atoms with E-state index in [2.05, 4.69) is 17.1 Å². The summed E-state index contributed by atoms with van der Waals surface area (Å²) in [5, 5.41) is 3.50. The lowest BCUT2D eigenvalue weighted by Crippen LogP contribution is -2.30. The highest BCUT2D eigenvalue weighted by Crippen LogP contribution is 2.23. The van der Waals surface area contributed by atoms with Gasteiger partial charge in [-0.3, -0.25) is 0 Å². The number of halogens is 1. The average molecular weight is 236 g/mol. The minimum absolute atomic E-state index is 0.0672. The van der Waals surface area contributed by atoms with Gasteiger partial charge in [0, 0.05) is 25.7 Å². The van der Waals surface area contributed by atoms with Gasteiger partial charge in [-0.25, -0.2) is 4.39 Å². The fourth-order valence-electron chi connectivity index (χ4n) is 2.39. The summed E-state index contributed by atoms with van der Waals surface area (Å²) < 4.78 is 14.0. The van der Waals surface area contributed by atoms with Gasteiger partial charge in [0.1, 0.15) is 5.82 Å². The molecule has 0 aromatic heterocycles. The van der Waals surface area contributed by atoms with Gasteiger partial charge >= 0.3 is 0 Å². The molecule has 1 saturated heterocycles. The molecule has 1 unspecified atom stereocenters. The average Bonchev–Trinajstić information content (AvgIpc) is 2.58. The van der Waals surface area contributed by atoms with Gasteiger partial charge in [0.05, 0.1) is 5.69 Å². The molecule has 1 atom stereocenters. The van der Waals surface area contributed by atoms with E-state index < -0.39 is 0 Å². The van der Waals surface area contributed by atoms with Gasteiger partial charge in [0.25, 0.3) is 0 Å². The van der Waals surface area contributed by atoms with E-state index in [9.17, 15) is 4.39 Å². The van der Waals surface area contributed by atoms with Crippen molar-refractivity contribution in [1.29, 1.82) is 0 Å². The normalized spacial score (nSPS) is 21.4. The summed E-state index contributed by atoms with van der Waals surface area (Å²) in [4.78, 5) is 2.16. The molecular weight excluding hydrogens is 215 g/mol. The minimum Gasteiger partial charge on any atom is -0.368 e. The smallest absolute Gasteiger partial charge is 0.149 e. The highest BCUT2D eigenvalue weighted by Gasteiger charge is 2.18. The Hall–Kier alpha value is -1.09. The lowest BCUT2D eigenvalue weighted by Gasteiger charge is -2.23. The van der Waals surface area contributed by atoms with Crippen molar-refractivity contribution in [2.45, 2.75) is 32.7 Å². The quantitative estimate of drug-likeness (QED) is 0.849. The Balaban J connectivity index is 2.14. The minimum atomic E-state index is -0.0672. The third-order valence-electron chi connectivity index (χ3n) is 3.57. The zero-order chi connectivity index (χ0) is 12.3. The van der Waals surface area contributed by atoms with E-state index in [0.717, 1.165) is 43.7 Å². The molecule has 0 amide bonds. The van der Waals surface area contributed by atoms with Crippen molar-refractivity contribution in [2.24, 2.45) is 0 Å². The molecule has 1 heterocycles. The molecule has 0 bridgehead atoms. The first-order chi connectivity index (χ1) is 8.22. The van der Waals surface area contributed by atoms with Gasteiger partial charge in [-0.2, -0.15) is 0 Å². The van der Waals surface area contributed by atoms with Crippen LogP contribution in [-0.2, 0) is 0 Å². The molecule has 1 aromatic carbocycles. The molecule has 1 aliphatic rings. The summed E-state index contributed by atoms with van der Waals surface area (Å²) in [6.07, 6.45) is 2.23. The first-order valence-corrected chi connectivity index (χ1v) is 6.45. The van der Waals surface area contributed by atoms with E-state index in [1.54, 1.807) is 0 Å². The van der Waals surface area contributed by atoms with Crippen LogP contribution in [0, 0.1) is 12.7 Å². The Labute approximate surface area is 103 Å². The van der Waals surface area contributed by atoms with Crippen LogP contribution < -0.4 is 10.2 Å². The number of nitrogens with one attached hydrogen (secondary N) is 1. The second-order valence-corrected chi connectivity index (χ2v) is 4.74. The summed E-state index contributed by atoms with van der Waals surface area (Å²) in [5.74, 6) is -0.0672. The molecule has 17 heavy (non-hydrogen) atoms. The van der Waals surface area contributed by atoms with E-state index in [1.165, 1.54) is 0 Å². The molecule has 0 spiro atoms. The van der Waals surface area contributed by atoms with Crippen molar-refractivity contribution in [2.75, 3.05) is 24.5 Å². The number of aryl methyl sites for hydroxylation is 1. The van der Waals surface area contributed by atoms with Crippen LogP contribution in [0.1, 0.15) is 25.3 Å². The van der Waals surface area contributed by atoms with Gasteiger partial charge < -0.3 is 10.2 Å². The van der Waals surface area contributed by atoms with Crippen molar-refractivity contribution in [3.63, 3.8) is 0 Å². The van der Waals surface area contributed by atoms with E-state index in [1.807, 2.05) is 25.1 Å². The fourth-order valence-corrected chi connectivity index (χ4v) is 2.39. The first kappa shape index (κ1) is 12.4. The Morgan fingerprint density at radius 3 is 3.00 bits per heavy atom.